The van der Waals surface area contributed by atoms with E-state index in [0.29, 0.717) is 6.54 Å². The van der Waals surface area contributed by atoms with Crippen LogP contribution < -0.4 is 4.90 Å². The number of aryl methyl sites for hydroxylation is 2. The number of aromatic nitrogens is 1. The average Bonchev–Trinajstić information content (AvgIpc) is 3.27. The highest BCUT2D eigenvalue weighted by Gasteiger charge is 2.24. The third-order valence-electron chi connectivity index (χ3n) is 6.40. The topological polar surface area (TPSA) is 45.7 Å². The fourth-order valence-corrected chi connectivity index (χ4v) is 6.05. The maximum Gasteiger partial charge on any atom is 0.260 e. The molecule has 2 aliphatic rings. The summed E-state index contributed by atoms with van der Waals surface area (Å²) in [6.07, 6.45) is 6.73. The largest absolute Gasteiger partial charge is 0.379 e. The number of hydrogen-bond acceptors (Lipinski definition) is 6. The van der Waals surface area contributed by atoms with Gasteiger partial charge in [-0.25, -0.2) is 4.98 Å². The van der Waals surface area contributed by atoms with Crippen LogP contribution in [0, 0.1) is 0 Å². The SMILES string of the molecule is CSc1ccc2nc(N(CCN3CCOCC3)C(=O)c3ccc4c(c3)CCCC4)sc2c1.Cl. The van der Waals surface area contributed by atoms with Gasteiger partial charge >= 0.3 is 0 Å². The van der Waals surface area contributed by atoms with Gasteiger partial charge in [0.25, 0.3) is 5.91 Å². The normalized spacial score (nSPS) is 16.3. The molecule has 0 saturated carbocycles. The summed E-state index contributed by atoms with van der Waals surface area (Å²) in [6.45, 7) is 4.81. The summed E-state index contributed by atoms with van der Waals surface area (Å²) >= 11 is 3.34. The predicted octanol–water partition coefficient (Wildman–Crippen LogP) is 5.30. The van der Waals surface area contributed by atoms with Gasteiger partial charge in [-0.05, 0) is 73.4 Å². The molecule has 1 saturated heterocycles. The van der Waals surface area contributed by atoms with E-state index >= 15 is 0 Å². The fourth-order valence-electron chi connectivity index (χ4n) is 4.51. The number of nitrogens with zero attached hydrogens (tertiary/aromatic N) is 3. The molecule has 1 amide bonds. The van der Waals surface area contributed by atoms with Crippen LogP contribution in [0.3, 0.4) is 0 Å². The number of carbonyl (C=O) groups is 1. The van der Waals surface area contributed by atoms with Crippen molar-refractivity contribution in [2.45, 2.75) is 30.6 Å². The molecule has 5 nitrogen and oxygen atoms in total. The molecule has 2 aromatic carbocycles. The van der Waals surface area contributed by atoms with Gasteiger partial charge in [-0.3, -0.25) is 14.6 Å². The molecule has 0 atom stereocenters. The smallest absolute Gasteiger partial charge is 0.260 e. The summed E-state index contributed by atoms with van der Waals surface area (Å²) in [6, 6.07) is 12.6. The minimum absolute atomic E-state index is 0. The molecule has 1 aliphatic heterocycles. The molecule has 2 heterocycles. The lowest BCUT2D eigenvalue weighted by Gasteiger charge is -2.29. The molecular formula is C25H30ClN3O2S2. The molecule has 176 valence electrons. The molecule has 8 heteroatoms. The Morgan fingerprint density at radius 1 is 1.12 bits per heavy atom. The first kappa shape index (κ1) is 24.5. The number of anilines is 1. The van der Waals surface area contributed by atoms with Crippen LogP contribution in [0.25, 0.3) is 10.2 Å². The Morgan fingerprint density at radius 2 is 1.91 bits per heavy atom. The second-order valence-corrected chi connectivity index (χ2v) is 10.3. The molecule has 1 fully saturated rings. The number of ether oxygens (including phenoxy) is 1. The lowest BCUT2D eigenvalue weighted by Crippen LogP contribution is -2.43. The van der Waals surface area contributed by atoms with Crippen molar-refractivity contribution in [1.82, 2.24) is 9.88 Å². The molecule has 1 aromatic heterocycles. The lowest BCUT2D eigenvalue weighted by atomic mass is 9.90. The van der Waals surface area contributed by atoms with Gasteiger partial charge in [0.05, 0.1) is 23.4 Å². The number of halogens is 1. The standard InChI is InChI=1S/C25H29N3O2S2.ClH/c1-31-21-8-9-22-23(17-21)32-25(26-22)28(11-10-27-12-14-30-15-13-27)24(29)20-7-6-18-4-2-3-5-19(18)16-20;/h6-9,16-17H,2-5,10-15H2,1H3;1H. The van der Waals surface area contributed by atoms with Crippen LogP contribution in [-0.4, -0.2) is 61.4 Å². The van der Waals surface area contributed by atoms with Gasteiger partial charge in [0.15, 0.2) is 5.13 Å². The fraction of sp³-hybridized carbons (Fsp3) is 0.440. The van der Waals surface area contributed by atoms with E-state index in [0.717, 1.165) is 66.6 Å². The van der Waals surface area contributed by atoms with Crippen molar-refractivity contribution in [1.29, 1.82) is 0 Å². The second-order valence-electron chi connectivity index (χ2n) is 8.43. The zero-order chi connectivity index (χ0) is 21.9. The molecule has 0 N–H and O–H groups in total. The summed E-state index contributed by atoms with van der Waals surface area (Å²) < 4.78 is 6.61. The number of thiazole rings is 1. The molecule has 3 aromatic rings. The van der Waals surface area contributed by atoms with Crippen LogP contribution in [-0.2, 0) is 17.6 Å². The van der Waals surface area contributed by atoms with E-state index in [1.165, 1.54) is 28.9 Å². The van der Waals surface area contributed by atoms with Gasteiger partial charge in [-0.15, -0.1) is 24.2 Å². The van der Waals surface area contributed by atoms with Crippen molar-refractivity contribution in [3.05, 3.63) is 53.1 Å². The molecule has 0 radical (unpaired) electrons. The highest BCUT2D eigenvalue weighted by Crippen LogP contribution is 2.33. The number of hydrogen-bond donors (Lipinski definition) is 0. The van der Waals surface area contributed by atoms with E-state index in [-0.39, 0.29) is 18.3 Å². The van der Waals surface area contributed by atoms with Crippen molar-refractivity contribution in [2.75, 3.05) is 50.5 Å². The number of thioether (sulfide) groups is 1. The Labute approximate surface area is 209 Å². The van der Waals surface area contributed by atoms with E-state index < -0.39 is 0 Å². The number of morpholine rings is 1. The quantitative estimate of drug-likeness (QED) is 0.427. The molecule has 0 bridgehead atoms. The Bertz CT molecular complexity index is 1110. The number of carbonyl (C=O) groups excluding carboxylic acids is 1. The maximum absolute atomic E-state index is 13.7. The first-order chi connectivity index (χ1) is 15.7. The van der Waals surface area contributed by atoms with Crippen molar-refractivity contribution < 1.29 is 9.53 Å². The molecular weight excluding hydrogens is 474 g/mol. The van der Waals surface area contributed by atoms with Crippen molar-refractivity contribution >= 4 is 56.8 Å². The second kappa shape index (κ2) is 11.2. The first-order valence-electron chi connectivity index (χ1n) is 11.4. The van der Waals surface area contributed by atoms with Crippen LogP contribution in [0.15, 0.2) is 41.3 Å². The Kier molecular flexibility index (Phi) is 8.30. The summed E-state index contributed by atoms with van der Waals surface area (Å²) in [4.78, 5) is 24.1. The number of amides is 1. The zero-order valence-electron chi connectivity index (χ0n) is 18.9. The van der Waals surface area contributed by atoms with E-state index in [2.05, 4.69) is 41.5 Å². The van der Waals surface area contributed by atoms with E-state index in [9.17, 15) is 4.79 Å². The summed E-state index contributed by atoms with van der Waals surface area (Å²) in [5.41, 5.74) is 4.47. The van der Waals surface area contributed by atoms with Gasteiger partial charge in [0.2, 0.25) is 0 Å². The maximum atomic E-state index is 13.7. The Morgan fingerprint density at radius 3 is 2.70 bits per heavy atom. The number of rotatable bonds is 6. The van der Waals surface area contributed by atoms with Gasteiger partial charge < -0.3 is 4.74 Å². The average molecular weight is 504 g/mol. The molecule has 0 unspecified atom stereocenters. The van der Waals surface area contributed by atoms with Crippen LogP contribution >= 0.6 is 35.5 Å². The molecule has 1 aliphatic carbocycles. The van der Waals surface area contributed by atoms with Crippen molar-refractivity contribution in [2.24, 2.45) is 0 Å². The lowest BCUT2D eigenvalue weighted by molar-refractivity contribution is 0.0391. The van der Waals surface area contributed by atoms with Crippen LogP contribution in [0.1, 0.15) is 34.3 Å². The third kappa shape index (κ3) is 5.54. The summed E-state index contributed by atoms with van der Waals surface area (Å²) in [5, 5.41) is 0.786. The number of fused-ring (bicyclic) bond motifs is 2. The predicted molar refractivity (Wildman–Crippen MR) is 141 cm³/mol. The molecule has 33 heavy (non-hydrogen) atoms. The van der Waals surface area contributed by atoms with Crippen molar-refractivity contribution in [3.8, 4) is 0 Å². The zero-order valence-corrected chi connectivity index (χ0v) is 21.4. The summed E-state index contributed by atoms with van der Waals surface area (Å²) in [7, 11) is 0. The first-order valence-corrected chi connectivity index (χ1v) is 13.4. The highest BCUT2D eigenvalue weighted by molar-refractivity contribution is 7.98. The van der Waals surface area contributed by atoms with Crippen LogP contribution in [0.4, 0.5) is 5.13 Å². The van der Waals surface area contributed by atoms with E-state index in [4.69, 9.17) is 9.72 Å². The van der Waals surface area contributed by atoms with E-state index in [1.807, 2.05) is 11.0 Å². The Hall–Kier alpha value is -1.64. The third-order valence-corrected chi connectivity index (χ3v) is 8.17. The van der Waals surface area contributed by atoms with Gasteiger partial charge in [0, 0.05) is 36.6 Å². The minimum Gasteiger partial charge on any atom is -0.379 e. The Balaban J connectivity index is 0.00000259. The van der Waals surface area contributed by atoms with Gasteiger partial charge in [-0.1, -0.05) is 17.4 Å². The van der Waals surface area contributed by atoms with E-state index in [1.54, 1.807) is 23.1 Å². The van der Waals surface area contributed by atoms with Crippen LogP contribution in [0.5, 0.6) is 0 Å². The van der Waals surface area contributed by atoms with Crippen molar-refractivity contribution in [3.63, 3.8) is 0 Å². The summed E-state index contributed by atoms with van der Waals surface area (Å²) in [5.74, 6) is 0.0516. The molecule has 0 spiro atoms. The minimum atomic E-state index is 0. The van der Waals surface area contributed by atoms with Gasteiger partial charge in [-0.2, -0.15) is 0 Å². The monoisotopic (exact) mass is 503 g/mol. The van der Waals surface area contributed by atoms with Gasteiger partial charge in [0.1, 0.15) is 0 Å². The highest BCUT2D eigenvalue weighted by atomic mass is 35.5. The molecule has 5 rings (SSSR count). The number of benzene rings is 2. The van der Waals surface area contributed by atoms with Crippen LogP contribution in [0.2, 0.25) is 0 Å².